The highest BCUT2D eigenvalue weighted by Crippen LogP contribution is 2.28. The lowest BCUT2D eigenvalue weighted by Crippen LogP contribution is -2.00. The predicted octanol–water partition coefficient (Wildman–Crippen LogP) is 3.20. The summed E-state index contributed by atoms with van der Waals surface area (Å²) in [6, 6.07) is 1.39. The second kappa shape index (κ2) is 4.28. The van der Waals surface area contributed by atoms with Crippen molar-refractivity contribution in [3.05, 3.63) is 46.8 Å². The lowest BCUT2D eigenvalue weighted by Gasteiger charge is -2.08. The minimum Gasteiger partial charge on any atom is -0.261 e. The fraction of sp³-hybridized carbons (Fsp3) is 0.154. The van der Waals surface area contributed by atoms with Gasteiger partial charge in [-0.3, -0.25) is 4.98 Å². The Morgan fingerprint density at radius 2 is 2.00 bits per heavy atom. The van der Waals surface area contributed by atoms with E-state index in [1.807, 2.05) is 13.8 Å². The summed E-state index contributed by atoms with van der Waals surface area (Å²) in [5.74, 6) is -0.403. The molecule has 0 fully saturated rings. The molecule has 0 N–H and O–H groups in total. The molecule has 3 heterocycles. The molecule has 0 unspecified atom stereocenters. The highest BCUT2D eigenvalue weighted by Gasteiger charge is 2.14. The Morgan fingerprint density at radius 1 is 1.21 bits per heavy atom. The Kier molecular flexibility index (Phi) is 2.71. The summed E-state index contributed by atoms with van der Waals surface area (Å²) in [5.41, 5.74) is 3.53. The first-order chi connectivity index (χ1) is 9.08. The Labute approximate surface area is 113 Å². The summed E-state index contributed by atoms with van der Waals surface area (Å²) >= 11 is 6.28. The normalized spacial score (nSPS) is 11.2. The third kappa shape index (κ3) is 1.86. The van der Waals surface area contributed by atoms with Crippen molar-refractivity contribution in [2.75, 3.05) is 0 Å². The van der Waals surface area contributed by atoms with E-state index in [1.165, 1.54) is 6.07 Å². The standard InChI is InChI=1S/C13H10ClFN4/c1-7-4-17-19-12(14)8(2)11(18-13(7)19)9-3-10(15)6-16-5-9/h3-6H,1-2H3. The number of aryl methyl sites for hydroxylation is 1. The fourth-order valence-corrected chi connectivity index (χ4v) is 2.18. The van der Waals surface area contributed by atoms with Crippen molar-refractivity contribution in [2.45, 2.75) is 13.8 Å². The van der Waals surface area contributed by atoms with Crippen LogP contribution < -0.4 is 0 Å². The van der Waals surface area contributed by atoms with Gasteiger partial charge in [-0.05, 0) is 19.9 Å². The number of fused-ring (bicyclic) bond motifs is 1. The van der Waals surface area contributed by atoms with Crippen molar-refractivity contribution in [3.8, 4) is 11.3 Å². The van der Waals surface area contributed by atoms with Crippen LogP contribution in [0.3, 0.4) is 0 Å². The average Bonchev–Trinajstić information content (AvgIpc) is 2.75. The number of hydrogen-bond donors (Lipinski definition) is 0. The molecule has 0 radical (unpaired) electrons. The number of aromatic nitrogens is 4. The quantitative estimate of drug-likeness (QED) is 0.641. The number of nitrogens with zero attached hydrogens (tertiary/aromatic N) is 4. The Bertz CT molecular complexity index is 782. The van der Waals surface area contributed by atoms with Crippen LogP contribution in [-0.2, 0) is 0 Å². The van der Waals surface area contributed by atoms with Gasteiger partial charge < -0.3 is 0 Å². The largest absolute Gasteiger partial charge is 0.261 e. The predicted molar refractivity (Wildman–Crippen MR) is 70.7 cm³/mol. The molecule has 3 aromatic heterocycles. The first-order valence-corrected chi connectivity index (χ1v) is 6.07. The Morgan fingerprint density at radius 3 is 2.74 bits per heavy atom. The van der Waals surface area contributed by atoms with Crippen molar-refractivity contribution in [1.29, 1.82) is 0 Å². The molecule has 4 nitrogen and oxygen atoms in total. The molecule has 0 aliphatic rings. The molecular weight excluding hydrogens is 267 g/mol. The number of pyridine rings is 1. The number of rotatable bonds is 1. The van der Waals surface area contributed by atoms with Gasteiger partial charge in [0.1, 0.15) is 11.0 Å². The van der Waals surface area contributed by atoms with E-state index in [1.54, 1.807) is 16.9 Å². The molecule has 19 heavy (non-hydrogen) atoms. The average molecular weight is 277 g/mol. The van der Waals surface area contributed by atoms with Crippen LogP contribution >= 0.6 is 11.6 Å². The van der Waals surface area contributed by atoms with E-state index in [0.29, 0.717) is 22.1 Å². The molecular formula is C13H10ClFN4. The Balaban J connectivity index is 2.35. The van der Waals surface area contributed by atoms with E-state index in [9.17, 15) is 4.39 Å². The summed E-state index contributed by atoms with van der Waals surface area (Å²) in [6.07, 6.45) is 4.42. The maximum atomic E-state index is 13.3. The summed E-state index contributed by atoms with van der Waals surface area (Å²) in [7, 11) is 0. The molecule has 0 saturated heterocycles. The van der Waals surface area contributed by atoms with Crippen LogP contribution in [0.5, 0.6) is 0 Å². The van der Waals surface area contributed by atoms with Crippen LogP contribution in [0.2, 0.25) is 5.15 Å². The molecule has 3 rings (SSSR count). The molecule has 0 saturated carbocycles. The molecule has 96 valence electrons. The van der Waals surface area contributed by atoms with Crippen molar-refractivity contribution >= 4 is 17.2 Å². The van der Waals surface area contributed by atoms with Crippen LogP contribution in [-0.4, -0.2) is 19.6 Å². The molecule has 6 heteroatoms. The molecule has 0 atom stereocenters. The van der Waals surface area contributed by atoms with Gasteiger partial charge in [0.2, 0.25) is 0 Å². The van der Waals surface area contributed by atoms with Crippen LogP contribution in [0.4, 0.5) is 4.39 Å². The summed E-state index contributed by atoms with van der Waals surface area (Å²) < 4.78 is 14.8. The lowest BCUT2D eigenvalue weighted by atomic mass is 10.1. The van der Waals surface area contributed by atoms with E-state index in [4.69, 9.17) is 11.6 Å². The van der Waals surface area contributed by atoms with Gasteiger partial charge in [-0.15, -0.1) is 0 Å². The number of halogens is 2. The van der Waals surface area contributed by atoms with Gasteiger partial charge in [0.25, 0.3) is 0 Å². The van der Waals surface area contributed by atoms with Crippen molar-refractivity contribution < 1.29 is 4.39 Å². The van der Waals surface area contributed by atoms with E-state index in [2.05, 4.69) is 15.1 Å². The lowest BCUT2D eigenvalue weighted by molar-refractivity contribution is 0.622. The molecule has 3 aromatic rings. The van der Waals surface area contributed by atoms with Crippen molar-refractivity contribution in [1.82, 2.24) is 19.6 Å². The van der Waals surface area contributed by atoms with Gasteiger partial charge >= 0.3 is 0 Å². The smallest absolute Gasteiger partial charge is 0.160 e. The third-order valence-electron chi connectivity index (χ3n) is 2.97. The van der Waals surface area contributed by atoms with Gasteiger partial charge in [-0.25, -0.2) is 13.9 Å². The zero-order chi connectivity index (χ0) is 13.6. The van der Waals surface area contributed by atoms with Crippen LogP contribution in [0.15, 0.2) is 24.7 Å². The highest BCUT2D eigenvalue weighted by molar-refractivity contribution is 6.30. The first kappa shape index (κ1) is 12.0. The summed E-state index contributed by atoms with van der Waals surface area (Å²) in [6.45, 7) is 3.72. The number of hydrogen-bond acceptors (Lipinski definition) is 3. The zero-order valence-electron chi connectivity index (χ0n) is 10.4. The molecule has 0 bridgehead atoms. The highest BCUT2D eigenvalue weighted by atomic mass is 35.5. The van der Waals surface area contributed by atoms with E-state index in [-0.39, 0.29) is 0 Å². The van der Waals surface area contributed by atoms with E-state index >= 15 is 0 Å². The van der Waals surface area contributed by atoms with Crippen molar-refractivity contribution in [3.63, 3.8) is 0 Å². The van der Waals surface area contributed by atoms with E-state index in [0.717, 1.165) is 17.3 Å². The van der Waals surface area contributed by atoms with E-state index < -0.39 is 5.82 Å². The molecule has 0 amide bonds. The van der Waals surface area contributed by atoms with Gasteiger partial charge in [-0.2, -0.15) is 5.10 Å². The van der Waals surface area contributed by atoms with Crippen molar-refractivity contribution in [2.24, 2.45) is 0 Å². The SMILES string of the molecule is Cc1c(-c2cncc(F)c2)nc2c(C)cnn2c1Cl. The zero-order valence-corrected chi connectivity index (χ0v) is 11.1. The minimum atomic E-state index is -0.403. The van der Waals surface area contributed by atoms with Crippen LogP contribution in [0.25, 0.3) is 16.9 Å². The van der Waals surface area contributed by atoms with Gasteiger partial charge in [-0.1, -0.05) is 11.6 Å². The molecule has 0 spiro atoms. The summed E-state index contributed by atoms with van der Waals surface area (Å²) in [5, 5.41) is 4.63. The van der Waals surface area contributed by atoms with Crippen LogP contribution in [0.1, 0.15) is 11.1 Å². The maximum absolute atomic E-state index is 13.3. The fourth-order valence-electron chi connectivity index (χ4n) is 1.97. The van der Waals surface area contributed by atoms with Gasteiger partial charge in [0.15, 0.2) is 5.65 Å². The van der Waals surface area contributed by atoms with Gasteiger partial charge in [0, 0.05) is 22.9 Å². The summed E-state index contributed by atoms with van der Waals surface area (Å²) in [4.78, 5) is 8.36. The third-order valence-corrected chi connectivity index (χ3v) is 3.41. The monoisotopic (exact) mass is 276 g/mol. The van der Waals surface area contributed by atoms with Crippen LogP contribution in [0, 0.1) is 19.7 Å². The van der Waals surface area contributed by atoms with Gasteiger partial charge in [0.05, 0.1) is 18.1 Å². The topological polar surface area (TPSA) is 43.1 Å². The Hall–Kier alpha value is -2.01. The second-order valence-corrected chi connectivity index (χ2v) is 4.69. The first-order valence-electron chi connectivity index (χ1n) is 5.69. The molecule has 0 aliphatic heterocycles. The minimum absolute atomic E-state index is 0.403. The molecule has 0 aromatic carbocycles. The second-order valence-electron chi connectivity index (χ2n) is 4.33. The maximum Gasteiger partial charge on any atom is 0.160 e. The molecule has 0 aliphatic carbocycles.